The standard InChI is InChI=1S/C19H20F3N3O3/c1-2-9-25(17(28)8-11-24-10-4-3-5-16(24)27)12-15(26)23-14-7-6-13(20)18(21)19(14)22/h3-7,10H,2,8-9,11-12H2,1H3,(H,23,26). The van der Waals surface area contributed by atoms with E-state index in [4.69, 9.17) is 0 Å². The second kappa shape index (κ2) is 9.72. The molecule has 2 amide bonds. The van der Waals surface area contributed by atoms with Crippen molar-refractivity contribution >= 4 is 17.5 Å². The van der Waals surface area contributed by atoms with Gasteiger partial charge < -0.3 is 14.8 Å². The molecule has 0 atom stereocenters. The van der Waals surface area contributed by atoms with E-state index in [1.54, 1.807) is 18.3 Å². The van der Waals surface area contributed by atoms with E-state index in [-0.39, 0.29) is 37.5 Å². The second-order valence-electron chi connectivity index (χ2n) is 6.07. The number of carbonyl (C=O) groups is 2. The fraction of sp³-hybridized carbons (Fsp3) is 0.316. The maximum absolute atomic E-state index is 13.7. The van der Waals surface area contributed by atoms with Gasteiger partial charge in [0, 0.05) is 31.8 Å². The molecule has 0 fully saturated rings. The van der Waals surface area contributed by atoms with Crippen molar-refractivity contribution in [3.63, 3.8) is 0 Å². The first kappa shape index (κ1) is 21.2. The molecule has 0 saturated carbocycles. The third-order valence-electron chi connectivity index (χ3n) is 3.96. The molecule has 0 spiro atoms. The highest BCUT2D eigenvalue weighted by atomic mass is 19.2. The number of amides is 2. The Labute approximate surface area is 159 Å². The van der Waals surface area contributed by atoms with Crippen LogP contribution in [0.4, 0.5) is 18.9 Å². The largest absolute Gasteiger partial charge is 0.333 e. The highest BCUT2D eigenvalue weighted by Gasteiger charge is 2.19. The minimum Gasteiger partial charge on any atom is -0.333 e. The number of carbonyl (C=O) groups excluding carboxylic acids is 2. The zero-order valence-electron chi connectivity index (χ0n) is 15.3. The first-order valence-corrected chi connectivity index (χ1v) is 8.70. The molecule has 1 aromatic heterocycles. The van der Waals surface area contributed by atoms with Gasteiger partial charge in [0.1, 0.15) is 0 Å². The Morgan fingerprint density at radius 2 is 1.86 bits per heavy atom. The van der Waals surface area contributed by atoms with Crippen molar-refractivity contribution in [1.29, 1.82) is 0 Å². The van der Waals surface area contributed by atoms with Crippen molar-refractivity contribution in [3.05, 3.63) is 64.3 Å². The number of halogens is 3. The summed E-state index contributed by atoms with van der Waals surface area (Å²) in [5, 5.41) is 2.14. The van der Waals surface area contributed by atoms with Gasteiger partial charge in [-0.25, -0.2) is 13.2 Å². The number of hydrogen-bond acceptors (Lipinski definition) is 3. The Bertz CT molecular complexity index is 915. The monoisotopic (exact) mass is 395 g/mol. The van der Waals surface area contributed by atoms with Crippen LogP contribution in [0.2, 0.25) is 0 Å². The first-order valence-electron chi connectivity index (χ1n) is 8.70. The van der Waals surface area contributed by atoms with Gasteiger partial charge in [0.05, 0.1) is 12.2 Å². The highest BCUT2D eigenvalue weighted by molar-refractivity contribution is 5.94. The van der Waals surface area contributed by atoms with Gasteiger partial charge in [-0.05, 0) is 24.6 Å². The summed E-state index contributed by atoms with van der Waals surface area (Å²) < 4.78 is 41.3. The van der Waals surface area contributed by atoms with Crippen LogP contribution in [0.3, 0.4) is 0 Å². The van der Waals surface area contributed by atoms with Crippen LogP contribution in [0.25, 0.3) is 0 Å². The minimum absolute atomic E-state index is 0.00324. The van der Waals surface area contributed by atoms with Crippen molar-refractivity contribution in [2.75, 3.05) is 18.4 Å². The molecule has 6 nitrogen and oxygen atoms in total. The molecule has 1 heterocycles. The zero-order chi connectivity index (χ0) is 20.7. The van der Waals surface area contributed by atoms with Crippen LogP contribution in [-0.4, -0.2) is 34.4 Å². The molecule has 150 valence electrons. The fourth-order valence-electron chi connectivity index (χ4n) is 2.57. The highest BCUT2D eigenvalue weighted by Crippen LogP contribution is 2.19. The summed E-state index contributed by atoms with van der Waals surface area (Å²) in [5.41, 5.74) is -0.757. The molecule has 2 rings (SSSR count). The molecule has 0 aliphatic rings. The number of hydrogen-bond donors (Lipinski definition) is 1. The summed E-state index contributed by atoms with van der Waals surface area (Å²) in [7, 11) is 0. The van der Waals surface area contributed by atoms with Crippen molar-refractivity contribution in [2.24, 2.45) is 0 Å². The topological polar surface area (TPSA) is 71.4 Å². The Kier molecular flexibility index (Phi) is 7.36. The number of pyridine rings is 1. The molecule has 0 saturated heterocycles. The van der Waals surface area contributed by atoms with E-state index in [0.717, 1.165) is 6.07 Å². The van der Waals surface area contributed by atoms with Crippen molar-refractivity contribution in [1.82, 2.24) is 9.47 Å². The molecule has 0 aliphatic heterocycles. The van der Waals surface area contributed by atoms with Crippen LogP contribution in [0, 0.1) is 17.5 Å². The molecular formula is C19H20F3N3O3. The number of aromatic nitrogens is 1. The Balaban J connectivity index is 2.00. The molecule has 1 aromatic carbocycles. The summed E-state index contributed by atoms with van der Waals surface area (Å²) in [4.78, 5) is 37.5. The number of rotatable bonds is 8. The lowest BCUT2D eigenvalue weighted by Crippen LogP contribution is -2.39. The average Bonchev–Trinajstić information content (AvgIpc) is 2.67. The Morgan fingerprint density at radius 3 is 2.54 bits per heavy atom. The lowest BCUT2D eigenvalue weighted by Gasteiger charge is -2.22. The number of benzene rings is 1. The fourth-order valence-corrected chi connectivity index (χ4v) is 2.57. The summed E-state index contributed by atoms with van der Waals surface area (Å²) in [6, 6.07) is 6.23. The maximum Gasteiger partial charge on any atom is 0.250 e. The van der Waals surface area contributed by atoms with Gasteiger partial charge in [0.15, 0.2) is 17.5 Å². The van der Waals surface area contributed by atoms with Crippen molar-refractivity contribution < 1.29 is 22.8 Å². The van der Waals surface area contributed by atoms with Gasteiger partial charge in [-0.1, -0.05) is 13.0 Å². The summed E-state index contributed by atoms with van der Waals surface area (Å²) in [6.07, 6.45) is 2.12. The van der Waals surface area contributed by atoms with Crippen molar-refractivity contribution in [2.45, 2.75) is 26.3 Å². The number of aryl methyl sites for hydroxylation is 1. The number of nitrogens with one attached hydrogen (secondary N) is 1. The van der Waals surface area contributed by atoms with Crippen LogP contribution in [0.5, 0.6) is 0 Å². The number of nitrogens with zero attached hydrogens (tertiary/aromatic N) is 2. The molecule has 28 heavy (non-hydrogen) atoms. The summed E-state index contributed by atoms with van der Waals surface area (Å²) in [5.74, 6) is -5.67. The van der Waals surface area contributed by atoms with Crippen molar-refractivity contribution in [3.8, 4) is 0 Å². The maximum atomic E-state index is 13.7. The van der Waals surface area contributed by atoms with Crippen LogP contribution >= 0.6 is 0 Å². The Morgan fingerprint density at radius 1 is 1.11 bits per heavy atom. The van der Waals surface area contributed by atoms with Gasteiger partial charge in [-0.2, -0.15) is 0 Å². The minimum atomic E-state index is -1.69. The molecule has 0 radical (unpaired) electrons. The normalized spacial score (nSPS) is 10.6. The van der Waals surface area contributed by atoms with Gasteiger partial charge in [0.25, 0.3) is 5.56 Å². The Hall–Kier alpha value is -3.10. The van der Waals surface area contributed by atoms with Crippen LogP contribution in [-0.2, 0) is 16.1 Å². The van der Waals surface area contributed by atoms with E-state index in [0.29, 0.717) is 12.5 Å². The average molecular weight is 395 g/mol. The predicted molar refractivity (Wildman–Crippen MR) is 97.1 cm³/mol. The first-order chi connectivity index (χ1) is 13.3. The van der Waals surface area contributed by atoms with E-state index in [1.807, 2.05) is 6.92 Å². The van der Waals surface area contributed by atoms with E-state index < -0.39 is 29.0 Å². The van der Waals surface area contributed by atoms with E-state index in [2.05, 4.69) is 5.32 Å². The summed E-state index contributed by atoms with van der Waals surface area (Å²) >= 11 is 0. The third-order valence-corrected chi connectivity index (χ3v) is 3.96. The molecular weight excluding hydrogens is 375 g/mol. The van der Waals surface area contributed by atoms with Gasteiger partial charge in [0.2, 0.25) is 11.8 Å². The molecule has 0 unspecified atom stereocenters. The quantitative estimate of drug-likeness (QED) is 0.699. The van der Waals surface area contributed by atoms with Crippen LogP contribution < -0.4 is 10.9 Å². The lowest BCUT2D eigenvalue weighted by atomic mass is 10.2. The van der Waals surface area contributed by atoms with Crippen LogP contribution in [0.1, 0.15) is 19.8 Å². The third kappa shape index (κ3) is 5.45. The SMILES string of the molecule is CCCN(CC(=O)Nc1ccc(F)c(F)c1F)C(=O)CCn1ccccc1=O. The zero-order valence-corrected chi connectivity index (χ0v) is 15.3. The molecule has 0 aliphatic carbocycles. The van der Waals surface area contributed by atoms with E-state index in [9.17, 15) is 27.6 Å². The second-order valence-corrected chi connectivity index (χ2v) is 6.07. The smallest absolute Gasteiger partial charge is 0.250 e. The predicted octanol–water partition coefficient (Wildman–Crippen LogP) is 2.53. The van der Waals surface area contributed by atoms with E-state index >= 15 is 0 Å². The van der Waals surface area contributed by atoms with E-state index in [1.165, 1.54) is 15.5 Å². The van der Waals surface area contributed by atoms with Gasteiger partial charge in [-0.3, -0.25) is 14.4 Å². The summed E-state index contributed by atoms with van der Waals surface area (Å²) in [6.45, 7) is 1.86. The van der Waals surface area contributed by atoms with Gasteiger partial charge in [-0.15, -0.1) is 0 Å². The molecule has 0 bridgehead atoms. The molecule has 2 aromatic rings. The number of anilines is 1. The molecule has 1 N–H and O–H groups in total. The lowest BCUT2D eigenvalue weighted by molar-refractivity contribution is -0.134. The van der Waals surface area contributed by atoms with Gasteiger partial charge >= 0.3 is 0 Å². The van der Waals surface area contributed by atoms with Crippen LogP contribution in [0.15, 0.2) is 41.3 Å². The molecule has 9 heteroatoms.